The van der Waals surface area contributed by atoms with Crippen LogP contribution in [0.5, 0.6) is 17.2 Å². The second-order valence-electron chi connectivity index (χ2n) is 6.07. The van der Waals surface area contributed by atoms with Gasteiger partial charge in [-0.3, -0.25) is 4.79 Å². The Morgan fingerprint density at radius 2 is 1.66 bits per heavy atom. The summed E-state index contributed by atoms with van der Waals surface area (Å²) in [5.74, 6) is 2.90. The number of carbonyl (C=O) groups excluding carboxylic acids is 1. The van der Waals surface area contributed by atoms with Crippen LogP contribution in [0.25, 0.3) is 0 Å². The number of nitrogens with zero attached hydrogens (tertiary/aromatic N) is 1. The van der Waals surface area contributed by atoms with Crippen molar-refractivity contribution in [2.45, 2.75) is 16.5 Å². The van der Waals surface area contributed by atoms with Gasteiger partial charge in [0.25, 0.3) is 0 Å². The van der Waals surface area contributed by atoms with Gasteiger partial charge in [0.05, 0.1) is 33.4 Å². The molecule has 2 aromatic carbocycles. The van der Waals surface area contributed by atoms with E-state index in [0.29, 0.717) is 0 Å². The Balaban J connectivity index is 1.54. The summed E-state index contributed by atoms with van der Waals surface area (Å²) in [6, 6.07) is 13.0. The van der Waals surface area contributed by atoms with E-state index in [4.69, 9.17) is 14.2 Å². The van der Waals surface area contributed by atoms with E-state index in [1.54, 1.807) is 45.2 Å². The lowest BCUT2D eigenvalue weighted by atomic mass is 10.2. The third-order valence-electron chi connectivity index (χ3n) is 4.02. The lowest BCUT2D eigenvalue weighted by Gasteiger charge is -2.07. The van der Waals surface area contributed by atoms with E-state index >= 15 is 0 Å². The predicted molar refractivity (Wildman–Crippen MR) is 117 cm³/mol. The summed E-state index contributed by atoms with van der Waals surface area (Å²) in [4.78, 5) is 16.8. The number of methoxy groups -OCH3 is 3. The van der Waals surface area contributed by atoms with Crippen molar-refractivity contribution in [3.63, 3.8) is 0 Å². The van der Waals surface area contributed by atoms with Gasteiger partial charge in [-0.2, -0.15) is 0 Å². The quantitative estimate of drug-likeness (QED) is 0.499. The monoisotopic (exact) mass is 430 g/mol. The minimum Gasteiger partial charge on any atom is -0.497 e. The standard InChI is InChI=1S/C21H22N2O4S2/c1-25-17-6-4-15(5-7-17)22-20(24)10-16-13-29-21(23-16)28-12-14-8-18(26-2)11-19(9-14)27-3/h4-9,11,13H,10,12H2,1-3H3,(H,22,24). The highest BCUT2D eigenvalue weighted by Gasteiger charge is 2.10. The Morgan fingerprint density at radius 1 is 1.00 bits per heavy atom. The first-order valence-electron chi connectivity index (χ1n) is 8.82. The van der Waals surface area contributed by atoms with Crippen LogP contribution in [0.4, 0.5) is 5.69 Å². The molecule has 0 bridgehead atoms. The van der Waals surface area contributed by atoms with Crippen LogP contribution < -0.4 is 19.5 Å². The molecule has 0 spiro atoms. The number of rotatable bonds is 9. The van der Waals surface area contributed by atoms with Crippen LogP contribution in [-0.2, 0) is 17.0 Å². The average molecular weight is 431 g/mol. The molecule has 6 nitrogen and oxygen atoms in total. The van der Waals surface area contributed by atoms with Gasteiger partial charge in [0.2, 0.25) is 5.91 Å². The van der Waals surface area contributed by atoms with Crippen molar-refractivity contribution < 1.29 is 19.0 Å². The molecule has 0 aliphatic heterocycles. The van der Waals surface area contributed by atoms with Crippen molar-refractivity contribution in [3.8, 4) is 17.2 Å². The maximum absolute atomic E-state index is 12.3. The number of ether oxygens (including phenoxy) is 3. The second-order valence-corrected chi connectivity index (χ2v) is 8.15. The van der Waals surface area contributed by atoms with Crippen LogP contribution in [-0.4, -0.2) is 32.2 Å². The number of benzene rings is 2. The predicted octanol–water partition coefficient (Wildman–Crippen LogP) is 4.64. The number of hydrogen-bond acceptors (Lipinski definition) is 7. The molecule has 29 heavy (non-hydrogen) atoms. The van der Waals surface area contributed by atoms with Crippen molar-refractivity contribution in [1.29, 1.82) is 0 Å². The largest absolute Gasteiger partial charge is 0.497 e. The molecule has 0 unspecified atom stereocenters. The van der Waals surface area contributed by atoms with Crippen LogP contribution in [0.1, 0.15) is 11.3 Å². The molecule has 3 aromatic rings. The zero-order chi connectivity index (χ0) is 20.6. The third kappa shape index (κ3) is 6.13. The van der Waals surface area contributed by atoms with Crippen LogP contribution in [0.3, 0.4) is 0 Å². The first kappa shape index (κ1) is 21.0. The van der Waals surface area contributed by atoms with Gasteiger partial charge in [0, 0.05) is 22.9 Å². The van der Waals surface area contributed by atoms with Crippen LogP contribution >= 0.6 is 23.1 Å². The third-order valence-corrected chi connectivity index (χ3v) is 6.16. The molecule has 8 heteroatoms. The molecule has 1 heterocycles. The fourth-order valence-corrected chi connectivity index (χ4v) is 4.35. The highest BCUT2D eigenvalue weighted by Crippen LogP contribution is 2.30. The first-order valence-corrected chi connectivity index (χ1v) is 10.7. The summed E-state index contributed by atoms with van der Waals surface area (Å²) in [5.41, 5.74) is 2.57. The molecule has 1 aromatic heterocycles. The smallest absolute Gasteiger partial charge is 0.230 e. The topological polar surface area (TPSA) is 69.7 Å². The normalized spacial score (nSPS) is 10.4. The number of amides is 1. The van der Waals surface area contributed by atoms with E-state index in [-0.39, 0.29) is 12.3 Å². The fraction of sp³-hybridized carbons (Fsp3) is 0.238. The molecule has 0 aliphatic carbocycles. The molecule has 152 valence electrons. The molecule has 3 rings (SSSR count). The van der Waals surface area contributed by atoms with E-state index < -0.39 is 0 Å². The molecule has 0 radical (unpaired) electrons. The van der Waals surface area contributed by atoms with Gasteiger partial charge in [0.1, 0.15) is 21.6 Å². The lowest BCUT2D eigenvalue weighted by molar-refractivity contribution is -0.115. The number of thiazole rings is 1. The number of hydrogen-bond donors (Lipinski definition) is 1. The minimum atomic E-state index is -0.102. The molecule has 0 saturated heterocycles. The Kier molecular flexibility index (Phi) is 7.37. The van der Waals surface area contributed by atoms with E-state index in [1.807, 2.05) is 35.7 Å². The number of nitrogens with one attached hydrogen (secondary N) is 1. The number of anilines is 1. The molecular formula is C21H22N2O4S2. The highest BCUT2D eigenvalue weighted by molar-refractivity contribution is 8.00. The van der Waals surface area contributed by atoms with Crippen molar-refractivity contribution in [1.82, 2.24) is 4.98 Å². The fourth-order valence-electron chi connectivity index (χ4n) is 2.57. The molecule has 0 atom stereocenters. The highest BCUT2D eigenvalue weighted by atomic mass is 32.2. The zero-order valence-corrected chi connectivity index (χ0v) is 18.1. The summed E-state index contributed by atoms with van der Waals surface area (Å²) in [5, 5.41) is 4.79. The van der Waals surface area contributed by atoms with Gasteiger partial charge in [-0.1, -0.05) is 11.8 Å². The summed E-state index contributed by atoms with van der Waals surface area (Å²) in [7, 11) is 4.88. The van der Waals surface area contributed by atoms with Gasteiger partial charge in [0.15, 0.2) is 0 Å². The summed E-state index contributed by atoms with van der Waals surface area (Å²) in [6.07, 6.45) is 0.232. The number of carbonyl (C=O) groups is 1. The molecule has 0 fully saturated rings. The summed E-state index contributed by atoms with van der Waals surface area (Å²) in [6.45, 7) is 0. The van der Waals surface area contributed by atoms with Crippen LogP contribution in [0.15, 0.2) is 52.2 Å². The molecule has 1 amide bonds. The van der Waals surface area contributed by atoms with E-state index in [2.05, 4.69) is 10.3 Å². The van der Waals surface area contributed by atoms with Gasteiger partial charge in [-0.15, -0.1) is 11.3 Å². The zero-order valence-electron chi connectivity index (χ0n) is 16.4. The van der Waals surface area contributed by atoms with Crippen LogP contribution in [0.2, 0.25) is 0 Å². The summed E-state index contributed by atoms with van der Waals surface area (Å²) >= 11 is 3.15. The van der Waals surface area contributed by atoms with Crippen molar-refractivity contribution in [2.24, 2.45) is 0 Å². The van der Waals surface area contributed by atoms with Crippen LogP contribution in [0, 0.1) is 0 Å². The Bertz CT molecular complexity index is 935. The van der Waals surface area contributed by atoms with E-state index in [0.717, 1.165) is 44.3 Å². The van der Waals surface area contributed by atoms with Gasteiger partial charge >= 0.3 is 0 Å². The van der Waals surface area contributed by atoms with Crippen molar-refractivity contribution >= 4 is 34.7 Å². The summed E-state index contributed by atoms with van der Waals surface area (Å²) < 4.78 is 16.6. The minimum absolute atomic E-state index is 0.102. The maximum atomic E-state index is 12.3. The van der Waals surface area contributed by atoms with Gasteiger partial charge < -0.3 is 19.5 Å². The van der Waals surface area contributed by atoms with E-state index in [9.17, 15) is 4.79 Å². The maximum Gasteiger partial charge on any atom is 0.230 e. The number of aromatic nitrogens is 1. The molecular weight excluding hydrogens is 408 g/mol. The SMILES string of the molecule is COc1ccc(NC(=O)Cc2csc(SCc3cc(OC)cc(OC)c3)n2)cc1. The Morgan fingerprint density at radius 3 is 2.28 bits per heavy atom. The Hall–Kier alpha value is -2.71. The molecule has 1 N–H and O–H groups in total. The second kappa shape index (κ2) is 10.2. The van der Waals surface area contributed by atoms with Gasteiger partial charge in [-0.25, -0.2) is 4.98 Å². The lowest BCUT2D eigenvalue weighted by Crippen LogP contribution is -2.14. The van der Waals surface area contributed by atoms with Gasteiger partial charge in [-0.05, 0) is 42.0 Å². The molecule has 0 saturated carbocycles. The van der Waals surface area contributed by atoms with Crippen molar-refractivity contribution in [2.75, 3.05) is 26.6 Å². The average Bonchev–Trinajstić information content (AvgIpc) is 3.19. The first-order chi connectivity index (χ1) is 14.1. The number of thioether (sulfide) groups is 1. The van der Waals surface area contributed by atoms with Crippen molar-refractivity contribution in [3.05, 3.63) is 59.1 Å². The van der Waals surface area contributed by atoms with E-state index in [1.165, 1.54) is 11.3 Å². The Labute approximate surface area is 178 Å². The molecule has 0 aliphatic rings.